The highest BCUT2D eigenvalue weighted by Gasteiger charge is 2.60. The number of aliphatic carboxylic acids is 1. The number of nitrogen functional groups attached to an aromatic ring is 1. The zero-order valence-electron chi connectivity index (χ0n) is 16.5. The molecule has 5 N–H and O–H groups in total. The minimum atomic E-state index is -0.698. The van der Waals surface area contributed by atoms with Crippen LogP contribution in [0.4, 0.5) is 11.6 Å². The second kappa shape index (κ2) is 7.10. The smallest absolute Gasteiger partial charge is 0.307 e. The molecule has 1 saturated carbocycles. The molecule has 3 aromatic rings. The molecule has 9 nitrogen and oxygen atoms in total. The first-order chi connectivity index (χ1) is 14.5. The van der Waals surface area contributed by atoms with Crippen LogP contribution in [-0.4, -0.2) is 51.1 Å². The molecule has 9 heteroatoms. The number of nitrogens with one attached hydrogen (secondary N) is 2. The van der Waals surface area contributed by atoms with Crippen LogP contribution in [0.5, 0.6) is 0 Å². The van der Waals surface area contributed by atoms with E-state index >= 15 is 0 Å². The molecule has 0 radical (unpaired) electrons. The maximum Gasteiger partial charge on any atom is 0.307 e. The number of nitrogens with two attached hydrogens (primary N) is 1. The number of anilines is 2. The molecule has 154 valence electrons. The molecule has 0 amide bonds. The number of carboxylic acid groups (broad SMARTS) is 1. The molecular formula is C21H23N7O2. The lowest BCUT2D eigenvalue weighted by Crippen LogP contribution is -2.27. The number of aromatic nitrogens is 4. The van der Waals surface area contributed by atoms with E-state index in [0.29, 0.717) is 36.2 Å². The van der Waals surface area contributed by atoms with Crippen LogP contribution in [0.15, 0.2) is 36.7 Å². The lowest BCUT2D eigenvalue weighted by molar-refractivity contribution is -0.139. The van der Waals surface area contributed by atoms with Gasteiger partial charge in [-0.05, 0) is 30.0 Å². The molecule has 3 heterocycles. The first-order valence-corrected chi connectivity index (χ1v) is 9.94. The maximum atomic E-state index is 11.2. The van der Waals surface area contributed by atoms with Crippen molar-refractivity contribution in [3.05, 3.63) is 42.2 Å². The van der Waals surface area contributed by atoms with Crippen molar-refractivity contribution in [1.82, 2.24) is 25.3 Å². The van der Waals surface area contributed by atoms with Gasteiger partial charge in [-0.15, -0.1) is 0 Å². The molecular weight excluding hydrogens is 382 g/mol. The average Bonchev–Trinajstić information content (AvgIpc) is 3.09. The highest BCUT2D eigenvalue weighted by Crippen LogP contribution is 2.52. The number of hydrogen-bond acceptors (Lipinski definition) is 7. The molecule has 2 fully saturated rings. The van der Waals surface area contributed by atoms with Crippen LogP contribution < -0.4 is 16.0 Å². The van der Waals surface area contributed by atoms with Crippen LogP contribution in [0.3, 0.4) is 0 Å². The molecule has 1 aromatic carbocycles. The highest BCUT2D eigenvalue weighted by molar-refractivity contribution is 5.76. The second-order valence-corrected chi connectivity index (χ2v) is 7.93. The summed E-state index contributed by atoms with van der Waals surface area (Å²) in [5.74, 6) is 1.05. The number of benzene rings is 1. The van der Waals surface area contributed by atoms with Crippen LogP contribution in [0.2, 0.25) is 0 Å². The Morgan fingerprint density at radius 1 is 1.23 bits per heavy atom. The Kier molecular flexibility index (Phi) is 4.39. The minimum Gasteiger partial charge on any atom is -0.481 e. The SMILES string of the molecule is CNCc1ccc(-c2cnc(-c3nc(N4C[C@@H]5C(C(=O)O)[C@@H]5C4)cnc3N)[nH]2)cc1. The number of nitrogens with zero attached hydrogens (tertiary/aromatic N) is 4. The number of imidazole rings is 1. The summed E-state index contributed by atoms with van der Waals surface area (Å²) in [6.07, 6.45) is 3.41. The number of fused-ring (bicyclic) bond motifs is 1. The van der Waals surface area contributed by atoms with E-state index in [2.05, 4.69) is 42.3 Å². The fraction of sp³-hybridized carbons (Fsp3) is 0.333. The molecule has 1 saturated heterocycles. The fourth-order valence-electron chi connectivity index (χ4n) is 4.39. The highest BCUT2D eigenvalue weighted by atomic mass is 16.4. The summed E-state index contributed by atoms with van der Waals surface area (Å²) in [5.41, 5.74) is 9.69. The molecule has 1 aliphatic heterocycles. The monoisotopic (exact) mass is 405 g/mol. The minimum absolute atomic E-state index is 0.200. The Labute approximate surface area is 173 Å². The van der Waals surface area contributed by atoms with Gasteiger partial charge in [0.25, 0.3) is 0 Å². The van der Waals surface area contributed by atoms with Gasteiger partial charge in [-0.2, -0.15) is 0 Å². The van der Waals surface area contributed by atoms with Crippen molar-refractivity contribution in [2.24, 2.45) is 17.8 Å². The fourth-order valence-corrected chi connectivity index (χ4v) is 4.39. The molecule has 0 bridgehead atoms. The van der Waals surface area contributed by atoms with Gasteiger partial charge in [0, 0.05) is 19.6 Å². The number of hydrogen-bond donors (Lipinski definition) is 4. The summed E-state index contributed by atoms with van der Waals surface area (Å²) in [5, 5.41) is 12.3. The van der Waals surface area contributed by atoms with Crippen molar-refractivity contribution in [1.29, 1.82) is 0 Å². The quantitative estimate of drug-likeness (QED) is 0.486. The van der Waals surface area contributed by atoms with Gasteiger partial charge < -0.3 is 26.0 Å². The summed E-state index contributed by atoms with van der Waals surface area (Å²) in [6, 6.07) is 8.24. The zero-order valence-corrected chi connectivity index (χ0v) is 16.5. The van der Waals surface area contributed by atoms with Gasteiger partial charge in [0.15, 0.2) is 17.3 Å². The third-order valence-corrected chi connectivity index (χ3v) is 6.04. The van der Waals surface area contributed by atoms with E-state index in [0.717, 1.165) is 17.8 Å². The van der Waals surface area contributed by atoms with Gasteiger partial charge >= 0.3 is 5.97 Å². The number of carboxylic acids is 1. The van der Waals surface area contributed by atoms with Crippen LogP contribution in [0.1, 0.15) is 5.56 Å². The van der Waals surface area contributed by atoms with Crippen molar-refractivity contribution in [3.63, 3.8) is 0 Å². The van der Waals surface area contributed by atoms with Gasteiger partial charge in [-0.1, -0.05) is 24.3 Å². The number of aromatic amines is 1. The lowest BCUT2D eigenvalue weighted by Gasteiger charge is -2.20. The van der Waals surface area contributed by atoms with E-state index < -0.39 is 5.97 Å². The van der Waals surface area contributed by atoms with Gasteiger partial charge in [-0.3, -0.25) is 4.79 Å². The van der Waals surface area contributed by atoms with Crippen LogP contribution in [0.25, 0.3) is 22.8 Å². The van der Waals surface area contributed by atoms with E-state index in [1.807, 2.05) is 19.2 Å². The third-order valence-electron chi connectivity index (χ3n) is 6.04. The molecule has 1 unspecified atom stereocenters. The summed E-state index contributed by atoms with van der Waals surface area (Å²) in [4.78, 5) is 30.0. The van der Waals surface area contributed by atoms with Crippen LogP contribution >= 0.6 is 0 Å². The number of carbonyl (C=O) groups is 1. The van der Waals surface area contributed by atoms with Gasteiger partial charge in [0.05, 0.1) is 24.0 Å². The van der Waals surface area contributed by atoms with Crippen LogP contribution in [0, 0.1) is 17.8 Å². The van der Waals surface area contributed by atoms with E-state index in [1.54, 1.807) is 12.4 Å². The summed E-state index contributed by atoms with van der Waals surface area (Å²) in [6.45, 7) is 2.18. The topological polar surface area (TPSA) is 133 Å². The van der Waals surface area contributed by atoms with Gasteiger partial charge in [0.1, 0.15) is 5.82 Å². The maximum absolute atomic E-state index is 11.2. The molecule has 30 heavy (non-hydrogen) atoms. The van der Waals surface area contributed by atoms with E-state index in [4.69, 9.17) is 5.73 Å². The molecule has 5 rings (SSSR count). The molecule has 2 aliphatic rings. The molecule has 1 aliphatic carbocycles. The Morgan fingerprint density at radius 2 is 1.97 bits per heavy atom. The standard InChI is InChI=1S/C21H23N7O2/c1-23-6-11-2-4-12(5-3-11)15-7-25-20(26-15)18-19(22)24-8-16(27-18)28-9-13-14(10-28)17(13)21(29)30/h2-5,7-8,13-14,17,23H,6,9-10H2,1H3,(H2,22,24)(H,25,26)(H,29,30)/t13-,14+,17?. The number of H-pyrrole nitrogens is 1. The summed E-state index contributed by atoms with van der Waals surface area (Å²) >= 11 is 0. The van der Waals surface area contributed by atoms with Crippen molar-refractivity contribution < 1.29 is 9.90 Å². The molecule has 3 atom stereocenters. The predicted molar refractivity (Wildman–Crippen MR) is 113 cm³/mol. The Balaban J connectivity index is 1.36. The largest absolute Gasteiger partial charge is 0.481 e. The van der Waals surface area contributed by atoms with E-state index in [-0.39, 0.29) is 17.8 Å². The Morgan fingerprint density at radius 3 is 2.63 bits per heavy atom. The Bertz CT molecular complexity index is 1080. The number of piperidine rings is 1. The van der Waals surface area contributed by atoms with E-state index in [1.165, 1.54) is 5.56 Å². The van der Waals surface area contributed by atoms with Crippen molar-refractivity contribution in [2.75, 3.05) is 30.8 Å². The third kappa shape index (κ3) is 3.17. The average molecular weight is 405 g/mol. The predicted octanol–water partition coefficient (Wildman–Crippen LogP) is 1.60. The zero-order chi connectivity index (χ0) is 20.8. The van der Waals surface area contributed by atoms with Gasteiger partial charge in [0.2, 0.25) is 0 Å². The van der Waals surface area contributed by atoms with Crippen molar-refractivity contribution >= 4 is 17.6 Å². The Hall–Kier alpha value is -3.46. The summed E-state index contributed by atoms with van der Waals surface area (Å²) < 4.78 is 0. The first kappa shape index (κ1) is 18.6. The first-order valence-electron chi connectivity index (χ1n) is 9.94. The van der Waals surface area contributed by atoms with Crippen molar-refractivity contribution in [2.45, 2.75) is 6.54 Å². The lowest BCUT2D eigenvalue weighted by atomic mass is 10.1. The second-order valence-electron chi connectivity index (χ2n) is 7.93. The van der Waals surface area contributed by atoms with Crippen LogP contribution in [-0.2, 0) is 11.3 Å². The summed E-state index contributed by atoms with van der Waals surface area (Å²) in [7, 11) is 1.92. The molecule has 0 spiro atoms. The molecule has 2 aromatic heterocycles. The number of rotatable bonds is 6. The van der Waals surface area contributed by atoms with Crippen molar-refractivity contribution in [3.8, 4) is 22.8 Å². The van der Waals surface area contributed by atoms with Gasteiger partial charge in [-0.25, -0.2) is 15.0 Å². The van der Waals surface area contributed by atoms with E-state index in [9.17, 15) is 9.90 Å². The normalized spacial score (nSPS) is 22.2.